The standard InChI is InChI=1S/C17H22N6O3/c1-10(15(24)22-23-7-6-19-17(23)26)21-16(25)13(18)8-11-9-20-14-5-3-2-4-12(11)14/h2-5,9-10,13,20H,6-8,18H2,1H3,(H,19,26)(H,21,25)(H,22,24)/t10-,13+/m0/s1. The van der Waals surface area contributed by atoms with Gasteiger partial charge in [-0.2, -0.15) is 0 Å². The SMILES string of the molecule is C[C@H](NC(=O)[C@H](N)Cc1c[nH]c2ccccc12)C(=O)NN1CCNC1=O. The molecule has 0 radical (unpaired) electrons. The summed E-state index contributed by atoms with van der Waals surface area (Å²) < 4.78 is 0. The van der Waals surface area contributed by atoms with Crippen LogP contribution in [-0.4, -0.2) is 53.0 Å². The van der Waals surface area contributed by atoms with Gasteiger partial charge in [0.2, 0.25) is 5.91 Å². The maximum Gasteiger partial charge on any atom is 0.336 e. The summed E-state index contributed by atoms with van der Waals surface area (Å²) >= 11 is 0. The largest absolute Gasteiger partial charge is 0.361 e. The van der Waals surface area contributed by atoms with Crippen molar-refractivity contribution in [1.82, 2.24) is 26.1 Å². The van der Waals surface area contributed by atoms with E-state index in [9.17, 15) is 14.4 Å². The first-order valence-corrected chi connectivity index (χ1v) is 8.42. The molecule has 26 heavy (non-hydrogen) atoms. The van der Waals surface area contributed by atoms with Crippen LogP contribution in [0.3, 0.4) is 0 Å². The number of amides is 4. The number of nitrogens with one attached hydrogen (secondary N) is 4. The second-order valence-electron chi connectivity index (χ2n) is 6.26. The lowest BCUT2D eigenvalue weighted by atomic mass is 10.0. The summed E-state index contributed by atoms with van der Waals surface area (Å²) in [5.41, 5.74) is 10.4. The quantitative estimate of drug-likeness (QED) is 0.480. The first-order chi connectivity index (χ1) is 12.5. The van der Waals surface area contributed by atoms with Gasteiger partial charge in [-0.3, -0.25) is 15.0 Å². The zero-order chi connectivity index (χ0) is 18.7. The summed E-state index contributed by atoms with van der Waals surface area (Å²) in [6.07, 6.45) is 2.18. The Morgan fingerprint density at radius 1 is 1.31 bits per heavy atom. The minimum atomic E-state index is -0.815. The first-order valence-electron chi connectivity index (χ1n) is 8.42. The second kappa shape index (κ2) is 7.44. The van der Waals surface area contributed by atoms with Gasteiger partial charge >= 0.3 is 6.03 Å². The van der Waals surface area contributed by atoms with E-state index in [4.69, 9.17) is 5.73 Å². The summed E-state index contributed by atoms with van der Waals surface area (Å²) in [4.78, 5) is 39.0. The third-order valence-electron chi connectivity index (χ3n) is 4.31. The lowest BCUT2D eigenvalue weighted by Crippen LogP contribution is -2.54. The van der Waals surface area contributed by atoms with Crippen LogP contribution in [0.2, 0.25) is 0 Å². The van der Waals surface area contributed by atoms with Crippen molar-refractivity contribution in [1.29, 1.82) is 0 Å². The number of hydrogen-bond donors (Lipinski definition) is 5. The van der Waals surface area contributed by atoms with Crippen LogP contribution in [0.25, 0.3) is 10.9 Å². The van der Waals surface area contributed by atoms with E-state index in [1.165, 1.54) is 5.01 Å². The Kier molecular flexibility index (Phi) is 5.08. The molecule has 1 aliphatic heterocycles. The number of aromatic nitrogens is 1. The van der Waals surface area contributed by atoms with Crippen LogP contribution in [0.1, 0.15) is 12.5 Å². The van der Waals surface area contributed by atoms with Crippen molar-refractivity contribution in [2.45, 2.75) is 25.4 Å². The molecular formula is C17H22N6O3. The molecule has 0 unspecified atom stereocenters. The van der Waals surface area contributed by atoms with E-state index >= 15 is 0 Å². The minimum absolute atomic E-state index is 0.346. The molecule has 138 valence electrons. The normalized spacial score (nSPS) is 16.2. The number of rotatable bonds is 6. The Balaban J connectivity index is 1.54. The van der Waals surface area contributed by atoms with Crippen LogP contribution in [0, 0.1) is 0 Å². The Morgan fingerprint density at radius 2 is 2.08 bits per heavy atom. The maximum atomic E-state index is 12.3. The highest BCUT2D eigenvalue weighted by Crippen LogP contribution is 2.18. The summed E-state index contributed by atoms with van der Waals surface area (Å²) in [6, 6.07) is 5.79. The van der Waals surface area contributed by atoms with E-state index in [1.807, 2.05) is 30.5 Å². The Bertz CT molecular complexity index is 833. The van der Waals surface area contributed by atoms with Gasteiger partial charge in [0.05, 0.1) is 12.6 Å². The Labute approximate surface area is 150 Å². The number of fused-ring (bicyclic) bond motifs is 1. The van der Waals surface area contributed by atoms with E-state index in [1.54, 1.807) is 6.92 Å². The van der Waals surface area contributed by atoms with E-state index in [-0.39, 0.29) is 6.03 Å². The third kappa shape index (κ3) is 3.77. The van der Waals surface area contributed by atoms with Crippen LogP contribution in [0.5, 0.6) is 0 Å². The predicted octanol–water partition coefficient (Wildman–Crippen LogP) is -0.401. The lowest BCUT2D eigenvalue weighted by molar-refractivity contribution is -0.131. The number of aromatic amines is 1. The predicted molar refractivity (Wildman–Crippen MR) is 95.8 cm³/mol. The average molecular weight is 358 g/mol. The topological polar surface area (TPSA) is 132 Å². The average Bonchev–Trinajstić information content (AvgIpc) is 3.21. The number of nitrogens with zero attached hydrogens (tertiary/aromatic N) is 1. The molecule has 1 aromatic heterocycles. The van der Waals surface area contributed by atoms with Crippen LogP contribution in [-0.2, 0) is 16.0 Å². The van der Waals surface area contributed by atoms with Crippen molar-refractivity contribution >= 4 is 28.7 Å². The molecule has 6 N–H and O–H groups in total. The van der Waals surface area contributed by atoms with Crippen molar-refractivity contribution < 1.29 is 14.4 Å². The summed E-state index contributed by atoms with van der Waals surface area (Å²) in [6.45, 7) is 2.39. The molecule has 2 atom stereocenters. The maximum absolute atomic E-state index is 12.3. The van der Waals surface area contributed by atoms with Gasteiger partial charge in [0, 0.05) is 23.6 Å². The number of carbonyl (C=O) groups is 3. The van der Waals surface area contributed by atoms with Crippen molar-refractivity contribution in [2.24, 2.45) is 5.73 Å². The molecule has 1 fully saturated rings. The number of benzene rings is 1. The molecule has 0 saturated carbocycles. The minimum Gasteiger partial charge on any atom is -0.361 e. The molecule has 0 aliphatic carbocycles. The molecule has 1 saturated heterocycles. The van der Waals surface area contributed by atoms with Gasteiger partial charge < -0.3 is 21.4 Å². The molecule has 2 heterocycles. The molecule has 1 aliphatic rings. The monoisotopic (exact) mass is 358 g/mol. The van der Waals surface area contributed by atoms with E-state index in [0.29, 0.717) is 19.5 Å². The number of para-hydroxylation sites is 1. The van der Waals surface area contributed by atoms with Crippen molar-refractivity contribution in [3.05, 3.63) is 36.0 Å². The van der Waals surface area contributed by atoms with Crippen LogP contribution in [0.4, 0.5) is 4.79 Å². The fourth-order valence-corrected chi connectivity index (χ4v) is 2.82. The van der Waals surface area contributed by atoms with Crippen molar-refractivity contribution in [3.63, 3.8) is 0 Å². The van der Waals surface area contributed by atoms with Gasteiger partial charge in [-0.05, 0) is 25.0 Å². The molecule has 0 bridgehead atoms. The van der Waals surface area contributed by atoms with Gasteiger partial charge in [0.25, 0.3) is 5.91 Å². The molecule has 0 spiro atoms. The van der Waals surface area contributed by atoms with E-state index < -0.39 is 23.9 Å². The highest BCUT2D eigenvalue weighted by Gasteiger charge is 2.26. The van der Waals surface area contributed by atoms with E-state index in [2.05, 4.69) is 21.0 Å². The van der Waals surface area contributed by atoms with Crippen molar-refractivity contribution in [3.8, 4) is 0 Å². The molecule has 2 aromatic rings. The Morgan fingerprint density at radius 3 is 2.81 bits per heavy atom. The number of carbonyl (C=O) groups excluding carboxylic acids is 3. The van der Waals surface area contributed by atoms with Gasteiger partial charge in [-0.25, -0.2) is 9.80 Å². The Hall–Kier alpha value is -3.07. The third-order valence-corrected chi connectivity index (χ3v) is 4.31. The highest BCUT2D eigenvalue weighted by atomic mass is 16.2. The zero-order valence-corrected chi connectivity index (χ0v) is 14.4. The highest BCUT2D eigenvalue weighted by molar-refractivity contribution is 5.91. The van der Waals surface area contributed by atoms with E-state index in [0.717, 1.165) is 16.5 Å². The number of hydrogen-bond acceptors (Lipinski definition) is 4. The van der Waals surface area contributed by atoms with Gasteiger partial charge in [-0.1, -0.05) is 18.2 Å². The molecule has 9 heteroatoms. The zero-order valence-electron chi connectivity index (χ0n) is 14.4. The summed E-state index contributed by atoms with van der Waals surface area (Å²) in [5.74, 6) is -0.904. The van der Waals surface area contributed by atoms with Gasteiger partial charge in [0.1, 0.15) is 6.04 Å². The molecule has 9 nitrogen and oxygen atoms in total. The fourth-order valence-electron chi connectivity index (χ4n) is 2.82. The van der Waals surface area contributed by atoms with Crippen LogP contribution < -0.4 is 21.8 Å². The number of urea groups is 1. The lowest BCUT2D eigenvalue weighted by Gasteiger charge is -2.21. The van der Waals surface area contributed by atoms with Crippen molar-refractivity contribution in [2.75, 3.05) is 13.1 Å². The molecular weight excluding hydrogens is 336 g/mol. The van der Waals surface area contributed by atoms with Crippen LogP contribution in [0.15, 0.2) is 30.5 Å². The number of nitrogens with two attached hydrogens (primary N) is 1. The smallest absolute Gasteiger partial charge is 0.336 e. The summed E-state index contributed by atoms with van der Waals surface area (Å²) in [7, 11) is 0. The molecule has 4 amide bonds. The van der Waals surface area contributed by atoms with Gasteiger partial charge in [0.15, 0.2) is 0 Å². The fraction of sp³-hybridized carbons (Fsp3) is 0.353. The summed E-state index contributed by atoms with van der Waals surface area (Å²) in [5, 5.41) is 7.35. The van der Waals surface area contributed by atoms with Crippen LogP contribution >= 0.6 is 0 Å². The number of H-pyrrole nitrogens is 1. The first kappa shape index (κ1) is 17.7. The molecule has 3 rings (SSSR count). The molecule has 1 aromatic carbocycles. The second-order valence-corrected chi connectivity index (χ2v) is 6.26. The number of hydrazine groups is 1. The van der Waals surface area contributed by atoms with Gasteiger partial charge in [-0.15, -0.1) is 0 Å².